The first-order valence-corrected chi connectivity index (χ1v) is 4.22. The molecule has 1 unspecified atom stereocenters. The van der Waals surface area contributed by atoms with Crippen molar-refractivity contribution in [3.63, 3.8) is 0 Å². The average molecular weight is 177 g/mol. The first-order chi connectivity index (χ1) is 5.79. The van der Waals surface area contributed by atoms with Gasteiger partial charge >= 0.3 is 0 Å². The Morgan fingerprint density at radius 3 is 2.83 bits per heavy atom. The molecule has 0 bridgehead atoms. The summed E-state index contributed by atoms with van der Waals surface area (Å²) in [5, 5.41) is 2.67. The SMILES string of the molecule is O=c1[nH]ccc2cccc(P)c12. The Bertz CT molecular complexity index is 470. The van der Waals surface area contributed by atoms with Crippen LogP contribution in [0.1, 0.15) is 0 Å². The first kappa shape index (κ1) is 7.51. The predicted molar refractivity (Wildman–Crippen MR) is 53.9 cm³/mol. The highest BCUT2D eigenvalue weighted by atomic mass is 31.0. The average Bonchev–Trinajstić information content (AvgIpc) is 2.04. The van der Waals surface area contributed by atoms with E-state index in [1.807, 2.05) is 24.3 Å². The highest BCUT2D eigenvalue weighted by molar-refractivity contribution is 7.28. The minimum atomic E-state index is -0.0295. The molecule has 0 saturated carbocycles. The quantitative estimate of drug-likeness (QED) is 0.599. The van der Waals surface area contributed by atoms with E-state index in [1.165, 1.54) is 0 Å². The summed E-state index contributed by atoms with van der Waals surface area (Å²) in [6.07, 6.45) is 1.66. The van der Waals surface area contributed by atoms with Gasteiger partial charge < -0.3 is 4.98 Å². The summed E-state index contributed by atoms with van der Waals surface area (Å²) in [7, 11) is 2.56. The van der Waals surface area contributed by atoms with Gasteiger partial charge in [0.2, 0.25) is 0 Å². The molecule has 0 aliphatic rings. The molecule has 0 aliphatic carbocycles. The second-order valence-electron chi connectivity index (χ2n) is 2.62. The molecule has 1 atom stereocenters. The second kappa shape index (κ2) is 2.72. The molecule has 1 N–H and O–H groups in total. The van der Waals surface area contributed by atoms with Crippen molar-refractivity contribution < 1.29 is 0 Å². The Kier molecular flexibility index (Phi) is 1.70. The molecule has 3 heteroatoms. The lowest BCUT2D eigenvalue weighted by Crippen LogP contribution is -2.10. The summed E-state index contributed by atoms with van der Waals surface area (Å²) in [5.41, 5.74) is -0.0295. The minimum Gasteiger partial charge on any atom is -0.329 e. The van der Waals surface area contributed by atoms with Crippen molar-refractivity contribution in [1.29, 1.82) is 0 Å². The van der Waals surface area contributed by atoms with E-state index in [0.717, 1.165) is 16.1 Å². The Balaban J connectivity index is 3.07. The molecule has 0 amide bonds. The molecule has 60 valence electrons. The van der Waals surface area contributed by atoms with Crippen LogP contribution in [0.4, 0.5) is 0 Å². The number of fused-ring (bicyclic) bond motifs is 1. The standard InChI is InChI=1S/C9H8NOP/c11-9-8-6(4-5-10-9)2-1-3-7(8)12/h1-5H,12H2,(H,10,11). The third-order valence-corrected chi connectivity index (χ3v) is 2.31. The van der Waals surface area contributed by atoms with Gasteiger partial charge in [0.1, 0.15) is 0 Å². The lowest BCUT2D eigenvalue weighted by Gasteiger charge is -1.98. The van der Waals surface area contributed by atoms with E-state index in [2.05, 4.69) is 14.2 Å². The Labute approximate surface area is 71.8 Å². The zero-order valence-corrected chi connectivity index (χ0v) is 7.53. The topological polar surface area (TPSA) is 32.9 Å². The van der Waals surface area contributed by atoms with Crippen LogP contribution in [-0.2, 0) is 0 Å². The van der Waals surface area contributed by atoms with Gasteiger partial charge in [0.05, 0.1) is 5.39 Å². The van der Waals surface area contributed by atoms with Crippen LogP contribution in [0.25, 0.3) is 10.8 Å². The molecule has 1 aromatic heterocycles. The van der Waals surface area contributed by atoms with Gasteiger partial charge in [-0.15, -0.1) is 9.24 Å². The molecule has 0 fully saturated rings. The van der Waals surface area contributed by atoms with E-state index in [1.54, 1.807) is 6.20 Å². The Morgan fingerprint density at radius 2 is 2.08 bits per heavy atom. The number of hydrogen-bond acceptors (Lipinski definition) is 1. The summed E-state index contributed by atoms with van der Waals surface area (Å²) < 4.78 is 0. The van der Waals surface area contributed by atoms with Crippen molar-refractivity contribution in [2.75, 3.05) is 0 Å². The van der Waals surface area contributed by atoms with Crippen molar-refractivity contribution in [3.8, 4) is 0 Å². The molecule has 0 spiro atoms. The van der Waals surface area contributed by atoms with Gasteiger partial charge in [-0.25, -0.2) is 0 Å². The third-order valence-electron chi connectivity index (χ3n) is 1.83. The van der Waals surface area contributed by atoms with Crippen LogP contribution in [0.2, 0.25) is 0 Å². The zero-order valence-electron chi connectivity index (χ0n) is 6.37. The molecule has 0 saturated heterocycles. The van der Waals surface area contributed by atoms with E-state index in [-0.39, 0.29) is 5.56 Å². The van der Waals surface area contributed by atoms with E-state index < -0.39 is 0 Å². The third kappa shape index (κ3) is 1.05. The molecule has 0 radical (unpaired) electrons. The van der Waals surface area contributed by atoms with Gasteiger partial charge in [0, 0.05) is 6.20 Å². The molecule has 12 heavy (non-hydrogen) atoms. The number of aromatic nitrogens is 1. The van der Waals surface area contributed by atoms with Crippen LogP contribution < -0.4 is 10.9 Å². The van der Waals surface area contributed by atoms with Crippen LogP contribution >= 0.6 is 9.24 Å². The van der Waals surface area contributed by atoms with Gasteiger partial charge in [0.15, 0.2) is 0 Å². The van der Waals surface area contributed by atoms with Crippen molar-refractivity contribution in [2.24, 2.45) is 0 Å². The zero-order chi connectivity index (χ0) is 8.55. The first-order valence-electron chi connectivity index (χ1n) is 3.65. The van der Waals surface area contributed by atoms with Gasteiger partial charge in [-0.1, -0.05) is 18.2 Å². The summed E-state index contributed by atoms with van der Waals surface area (Å²) in [4.78, 5) is 14.0. The van der Waals surface area contributed by atoms with Crippen LogP contribution in [0.3, 0.4) is 0 Å². The number of benzene rings is 1. The largest absolute Gasteiger partial charge is 0.329 e. The number of hydrogen-bond donors (Lipinski definition) is 1. The highest BCUT2D eigenvalue weighted by Gasteiger charge is 1.98. The Hall–Kier alpha value is -1.14. The molecule has 1 aromatic carbocycles. The van der Waals surface area contributed by atoms with Crippen molar-refractivity contribution in [3.05, 3.63) is 40.8 Å². The number of aromatic amines is 1. The fourth-order valence-electron chi connectivity index (χ4n) is 1.27. The minimum absolute atomic E-state index is 0.0295. The van der Waals surface area contributed by atoms with Crippen molar-refractivity contribution >= 4 is 25.3 Å². The van der Waals surface area contributed by atoms with E-state index >= 15 is 0 Å². The molecular weight excluding hydrogens is 169 g/mol. The second-order valence-corrected chi connectivity index (χ2v) is 3.24. The molecular formula is C9H8NOP. The molecule has 0 aliphatic heterocycles. The van der Waals surface area contributed by atoms with E-state index in [4.69, 9.17) is 0 Å². The van der Waals surface area contributed by atoms with E-state index in [9.17, 15) is 4.79 Å². The molecule has 2 nitrogen and oxygen atoms in total. The number of H-pyrrole nitrogens is 1. The molecule has 2 aromatic rings. The molecule has 1 heterocycles. The summed E-state index contributed by atoms with van der Waals surface area (Å²) in [6, 6.07) is 7.66. The summed E-state index contributed by atoms with van der Waals surface area (Å²) in [6.45, 7) is 0. The van der Waals surface area contributed by atoms with Crippen LogP contribution in [-0.4, -0.2) is 4.98 Å². The lowest BCUT2D eigenvalue weighted by molar-refractivity contribution is 1.28. The van der Waals surface area contributed by atoms with Crippen LogP contribution in [0, 0.1) is 0 Å². The van der Waals surface area contributed by atoms with Gasteiger partial charge in [0.25, 0.3) is 5.56 Å². The fourth-order valence-corrected chi connectivity index (χ4v) is 1.68. The van der Waals surface area contributed by atoms with Crippen molar-refractivity contribution in [2.45, 2.75) is 0 Å². The van der Waals surface area contributed by atoms with Gasteiger partial charge in [-0.2, -0.15) is 0 Å². The number of rotatable bonds is 0. The normalized spacial score (nSPS) is 10.4. The van der Waals surface area contributed by atoms with Crippen molar-refractivity contribution in [1.82, 2.24) is 4.98 Å². The Morgan fingerprint density at radius 1 is 1.25 bits per heavy atom. The van der Waals surface area contributed by atoms with Crippen LogP contribution in [0.15, 0.2) is 35.3 Å². The smallest absolute Gasteiger partial charge is 0.256 e. The number of nitrogens with one attached hydrogen (secondary N) is 1. The fraction of sp³-hybridized carbons (Fsp3) is 0. The maximum absolute atomic E-state index is 11.3. The summed E-state index contributed by atoms with van der Waals surface area (Å²) >= 11 is 0. The highest BCUT2D eigenvalue weighted by Crippen LogP contribution is 2.07. The molecule has 2 rings (SSSR count). The van der Waals surface area contributed by atoms with Gasteiger partial charge in [-0.3, -0.25) is 4.79 Å². The summed E-state index contributed by atoms with van der Waals surface area (Å²) in [5.74, 6) is 0. The maximum atomic E-state index is 11.3. The van der Waals surface area contributed by atoms with Gasteiger partial charge in [-0.05, 0) is 16.8 Å². The number of pyridine rings is 1. The maximum Gasteiger partial charge on any atom is 0.256 e. The van der Waals surface area contributed by atoms with Crippen LogP contribution in [0.5, 0.6) is 0 Å². The lowest BCUT2D eigenvalue weighted by atomic mass is 10.2. The monoisotopic (exact) mass is 177 g/mol. The predicted octanol–water partition coefficient (Wildman–Crippen LogP) is 1.03. The van der Waals surface area contributed by atoms with E-state index in [0.29, 0.717) is 0 Å².